The molecule has 8 rings (SSSR count). The summed E-state index contributed by atoms with van der Waals surface area (Å²) in [6.07, 6.45) is 18.7. The molecule has 262 valence electrons. The van der Waals surface area contributed by atoms with Gasteiger partial charge in [0.2, 0.25) is 0 Å². The average Bonchev–Trinajstić information content (AvgIpc) is 3.22. The minimum Gasteiger partial charge on any atom is -0.321 e. The van der Waals surface area contributed by atoms with Crippen LogP contribution in [0.4, 0.5) is 22.7 Å². The van der Waals surface area contributed by atoms with E-state index >= 15 is 0 Å². The highest BCUT2D eigenvalue weighted by Gasteiger charge is 2.21. The molecule has 1 aliphatic carbocycles. The van der Waals surface area contributed by atoms with Crippen LogP contribution in [-0.2, 0) is 0 Å². The molecule has 0 heterocycles. The van der Waals surface area contributed by atoms with Gasteiger partial charge >= 0.3 is 0 Å². The van der Waals surface area contributed by atoms with E-state index in [2.05, 4.69) is 206 Å². The molecule has 7 aromatic carbocycles. The first kappa shape index (κ1) is 34.4. The molecule has 0 aliphatic heterocycles. The second kappa shape index (κ2) is 15.5. The van der Waals surface area contributed by atoms with Crippen LogP contribution in [0.1, 0.15) is 24.0 Å². The van der Waals surface area contributed by atoms with Crippen LogP contribution in [0.15, 0.2) is 207 Å². The monoisotopic (exact) mass is 696 g/mol. The van der Waals surface area contributed by atoms with Crippen molar-refractivity contribution in [1.29, 1.82) is 0 Å². The van der Waals surface area contributed by atoms with Crippen molar-refractivity contribution in [2.24, 2.45) is 0 Å². The van der Waals surface area contributed by atoms with Gasteiger partial charge in [-0.15, -0.1) is 0 Å². The Hall–Kier alpha value is -6.64. The average molecular weight is 697 g/mol. The van der Waals surface area contributed by atoms with Crippen molar-refractivity contribution in [3.63, 3.8) is 0 Å². The Bertz CT molecular complexity index is 2510. The van der Waals surface area contributed by atoms with Gasteiger partial charge in [0, 0.05) is 34.6 Å². The van der Waals surface area contributed by atoms with Crippen molar-refractivity contribution < 1.29 is 0 Å². The van der Waals surface area contributed by atoms with Gasteiger partial charge in [-0.1, -0.05) is 145 Å². The maximum Gasteiger partial charge on any atom is 0.0468 e. The highest BCUT2D eigenvalue weighted by atomic mass is 15.1. The lowest BCUT2D eigenvalue weighted by Gasteiger charge is -2.28. The van der Waals surface area contributed by atoms with Gasteiger partial charge in [0.15, 0.2) is 0 Å². The van der Waals surface area contributed by atoms with Crippen LogP contribution in [0.3, 0.4) is 0 Å². The predicted molar refractivity (Wildman–Crippen MR) is 234 cm³/mol. The van der Waals surface area contributed by atoms with Crippen LogP contribution in [0.2, 0.25) is 0 Å². The molecule has 2 nitrogen and oxygen atoms in total. The molecule has 0 radical (unpaired) electrons. The summed E-state index contributed by atoms with van der Waals surface area (Å²) in [5.41, 5.74) is 13.1. The molecule has 1 aliphatic rings. The van der Waals surface area contributed by atoms with Gasteiger partial charge < -0.3 is 9.80 Å². The molecule has 2 heteroatoms. The number of hydrogen-bond donors (Lipinski definition) is 0. The summed E-state index contributed by atoms with van der Waals surface area (Å²) in [4.78, 5) is 4.69. The van der Waals surface area contributed by atoms with Crippen LogP contribution in [-0.4, -0.2) is 0 Å². The molecular formula is C52H44N2. The summed E-state index contributed by atoms with van der Waals surface area (Å²) in [5, 5.41) is 4.89. The third kappa shape index (κ3) is 6.95. The smallest absolute Gasteiger partial charge is 0.0468 e. The molecule has 0 unspecified atom stereocenters. The number of rotatable bonds is 10. The molecule has 0 amide bonds. The fourth-order valence-electron chi connectivity index (χ4n) is 7.57. The van der Waals surface area contributed by atoms with Gasteiger partial charge in [-0.05, 0) is 131 Å². The first-order valence-electron chi connectivity index (χ1n) is 18.8. The van der Waals surface area contributed by atoms with Crippen molar-refractivity contribution in [3.05, 3.63) is 218 Å². The van der Waals surface area contributed by atoms with Gasteiger partial charge in [0.05, 0.1) is 0 Å². The molecule has 0 saturated carbocycles. The van der Waals surface area contributed by atoms with E-state index in [9.17, 15) is 0 Å². The Morgan fingerprint density at radius 2 is 1.06 bits per heavy atom. The second-order valence-electron chi connectivity index (χ2n) is 13.9. The highest BCUT2D eigenvalue weighted by molar-refractivity contribution is 6.22. The van der Waals surface area contributed by atoms with Gasteiger partial charge in [-0.2, -0.15) is 0 Å². The van der Waals surface area contributed by atoms with Crippen molar-refractivity contribution in [3.8, 4) is 22.3 Å². The number of fused-ring (bicyclic) bond motifs is 2. The molecule has 0 spiro atoms. The van der Waals surface area contributed by atoms with Crippen molar-refractivity contribution in [2.75, 3.05) is 9.80 Å². The zero-order valence-electron chi connectivity index (χ0n) is 31.0. The zero-order chi connectivity index (χ0) is 36.9. The lowest BCUT2D eigenvalue weighted by molar-refractivity contribution is 0.915. The highest BCUT2D eigenvalue weighted by Crippen LogP contribution is 2.47. The number of nitrogens with zero attached hydrogens (tertiary/aromatic N) is 2. The molecule has 0 saturated heterocycles. The zero-order valence-corrected chi connectivity index (χ0v) is 31.0. The molecule has 7 aromatic rings. The quantitative estimate of drug-likeness (QED) is 0.104. The summed E-state index contributed by atoms with van der Waals surface area (Å²) in [5.74, 6) is 0. The maximum atomic E-state index is 3.85. The molecule has 0 bridgehead atoms. The van der Waals surface area contributed by atoms with Crippen LogP contribution in [0, 0.1) is 13.8 Å². The number of para-hydroxylation sites is 2. The lowest BCUT2D eigenvalue weighted by Crippen LogP contribution is -2.16. The summed E-state index contributed by atoms with van der Waals surface area (Å²) >= 11 is 0. The minimum absolute atomic E-state index is 0.976. The molecular weight excluding hydrogens is 653 g/mol. The minimum atomic E-state index is 0.976. The fraction of sp³-hybridized carbons (Fsp3) is 0.0769. The van der Waals surface area contributed by atoms with Crippen LogP contribution in [0.5, 0.6) is 0 Å². The Labute approximate surface area is 319 Å². The number of benzene rings is 7. The molecule has 0 fully saturated rings. The first-order valence-corrected chi connectivity index (χ1v) is 18.8. The SMILES string of the molecule is C=CC=CC=CN(C1=CC=CCC1)c1ccc2c(-c3ccc(C)cc3)c3cc(N(c4ccccc4)c4ccccc4)ccc3c(-c3ccc(C)cc3)c2c1. The second-order valence-corrected chi connectivity index (χ2v) is 13.9. The van der Waals surface area contributed by atoms with E-state index in [0.717, 1.165) is 35.6 Å². The normalized spacial score (nSPS) is 12.8. The molecule has 0 N–H and O–H groups in total. The number of allylic oxidation sites excluding steroid dienone is 8. The summed E-state index contributed by atoms with van der Waals surface area (Å²) in [6.45, 7) is 8.17. The Kier molecular flexibility index (Phi) is 9.91. The van der Waals surface area contributed by atoms with E-state index in [1.165, 1.54) is 60.6 Å². The number of hydrogen-bond acceptors (Lipinski definition) is 2. The van der Waals surface area contributed by atoms with Crippen molar-refractivity contribution in [1.82, 2.24) is 0 Å². The van der Waals surface area contributed by atoms with E-state index in [1.807, 2.05) is 18.2 Å². The van der Waals surface area contributed by atoms with Gasteiger partial charge in [-0.3, -0.25) is 0 Å². The third-order valence-electron chi connectivity index (χ3n) is 10.2. The summed E-state index contributed by atoms with van der Waals surface area (Å²) < 4.78 is 0. The molecule has 54 heavy (non-hydrogen) atoms. The fourth-order valence-corrected chi connectivity index (χ4v) is 7.57. The summed E-state index contributed by atoms with van der Waals surface area (Å²) in [7, 11) is 0. The van der Waals surface area contributed by atoms with Crippen LogP contribution < -0.4 is 9.80 Å². The Morgan fingerprint density at radius 1 is 0.519 bits per heavy atom. The standard InChI is InChI=1S/C52H44N2/c1-4-5-6-16-35-53(42-17-10-7-11-18-42)45-31-33-47-49(36-45)51(40-27-23-38(2)24-28-40)48-34-32-46(37-50(48)52(47)41-29-25-39(3)26-30-41)54(43-19-12-8-13-20-43)44-21-14-9-15-22-44/h4-10,12-17,19-37H,1,11,18H2,2-3H3. The van der Waals surface area contributed by atoms with E-state index in [0.29, 0.717) is 0 Å². The first-order chi connectivity index (χ1) is 26.6. The van der Waals surface area contributed by atoms with Gasteiger partial charge in [0.1, 0.15) is 0 Å². The summed E-state index contributed by atoms with van der Waals surface area (Å²) in [6, 6.07) is 53.4. The third-order valence-corrected chi connectivity index (χ3v) is 10.2. The molecule has 0 aromatic heterocycles. The predicted octanol–water partition coefficient (Wildman–Crippen LogP) is 14.7. The van der Waals surface area contributed by atoms with Gasteiger partial charge in [0.25, 0.3) is 0 Å². The largest absolute Gasteiger partial charge is 0.321 e. The lowest BCUT2D eigenvalue weighted by atomic mass is 9.85. The van der Waals surface area contributed by atoms with E-state index < -0.39 is 0 Å². The van der Waals surface area contributed by atoms with Crippen molar-refractivity contribution >= 4 is 44.3 Å². The van der Waals surface area contributed by atoms with Crippen molar-refractivity contribution in [2.45, 2.75) is 26.7 Å². The Morgan fingerprint density at radius 3 is 1.57 bits per heavy atom. The maximum absolute atomic E-state index is 3.85. The molecule has 0 atom stereocenters. The van der Waals surface area contributed by atoms with Gasteiger partial charge in [-0.25, -0.2) is 0 Å². The van der Waals surface area contributed by atoms with E-state index in [-0.39, 0.29) is 0 Å². The van der Waals surface area contributed by atoms with E-state index in [1.54, 1.807) is 0 Å². The van der Waals surface area contributed by atoms with Crippen LogP contribution in [0.25, 0.3) is 43.8 Å². The Balaban J connectivity index is 1.45. The number of anilines is 4. The number of aryl methyl sites for hydroxylation is 2. The van der Waals surface area contributed by atoms with Crippen LogP contribution >= 0.6 is 0 Å². The van der Waals surface area contributed by atoms with E-state index in [4.69, 9.17) is 0 Å². The topological polar surface area (TPSA) is 6.48 Å².